The highest BCUT2D eigenvalue weighted by Crippen LogP contribution is 2.24. The van der Waals surface area contributed by atoms with Crippen molar-refractivity contribution in [1.82, 2.24) is 10.2 Å². The van der Waals surface area contributed by atoms with Crippen molar-refractivity contribution >= 4 is 19.5 Å². The molecule has 88 valence electrons. The molecule has 16 heavy (non-hydrogen) atoms. The molecule has 2 unspecified atom stereocenters. The second-order valence-corrected chi connectivity index (χ2v) is 4.32. The lowest BCUT2D eigenvalue weighted by Gasteiger charge is -2.32. The molecular weight excluding hydrogens is 203 g/mol. The zero-order valence-corrected chi connectivity index (χ0v) is 10.0. The van der Waals surface area contributed by atoms with E-state index in [9.17, 15) is 9.59 Å². The summed E-state index contributed by atoms with van der Waals surface area (Å²) in [5, 5.41) is 3.20. The predicted molar refractivity (Wildman–Crippen MR) is 63.4 cm³/mol. The molecule has 5 heteroatoms. The Kier molecular flexibility index (Phi) is 4.99. The standard InChI is InChI=1S/C11H19BN2O2/c1-8(15)7-14(11(16)6-12)10-5-3-4-9(10)13-2/h9-10,13H,3-7H2,1-2H3. The monoisotopic (exact) mass is 222 g/mol. The number of hydrogen-bond donors (Lipinski definition) is 1. The first kappa shape index (κ1) is 13.2. The van der Waals surface area contributed by atoms with Gasteiger partial charge in [0.25, 0.3) is 0 Å². The Morgan fingerprint density at radius 2 is 2.12 bits per heavy atom. The largest absolute Gasteiger partial charge is 0.331 e. The number of Topliss-reactive ketones (excluding diaryl/α,β-unsaturated/α-hetero) is 1. The summed E-state index contributed by atoms with van der Waals surface area (Å²) in [7, 11) is 7.27. The quantitative estimate of drug-likeness (QED) is 0.672. The third-order valence-electron chi connectivity index (χ3n) is 3.14. The Bertz CT molecular complexity index is 271. The average molecular weight is 222 g/mol. The predicted octanol–water partition coefficient (Wildman–Crippen LogP) is 0.131. The van der Waals surface area contributed by atoms with Crippen molar-refractivity contribution in [3.63, 3.8) is 0 Å². The molecule has 0 saturated heterocycles. The average Bonchev–Trinajstić information content (AvgIpc) is 2.72. The first-order chi connectivity index (χ1) is 7.60. The van der Waals surface area contributed by atoms with Crippen LogP contribution < -0.4 is 5.32 Å². The van der Waals surface area contributed by atoms with Crippen LogP contribution in [-0.4, -0.2) is 50.1 Å². The second-order valence-electron chi connectivity index (χ2n) is 4.32. The van der Waals surface area contributed by atoms with E-state index in [-0.39, 0.29) is 36.6 Å². The Morgan fingerprint density at radius 3 is 2.62 bits per heavy atom. The van der Waals surface area contributed by atoms with Crippen LogP contribution in [0, 0.1) is 0 Å². The number of carbonyl (C=O) groups excluding carboxylic acids is 2. The van der Waals surface area contributed by atoms with Gasteiger partial charge in [0.05, 0.1) is 14.4 Å². The summed E-state index contributed by atoms with van der Waals surface area (Å²) in [4.78, 5) is 24.5. The number of ketones is 1. The van der Waals surface area contributed by atoms with Gasteiger partial charge in [-0.05, 0) is 39.6 Å². The van der Waals surface area contributed by atoms with Gasteiger partial charge in [0.1, 0.15) is 5.78 Å². The lowest BCUT2D eigenvalue weighted by Crippen LogP contribution is -2.50. The van der Waals surface area contributed by atoms with Crippen LogP contribution in [0.5, 0.6) is 0 Å². The maximum Gasteiger partial charge on any atom is 0.214 e. The van der Waals surface area contributed by atoms with E-state index in [0.29, 0.717) is 0 Å². The van der Waals surface area contributed by atoms with Gasteiger partial charge in [-0.25, -0.2) is 0 Å². The molecule has 0 aromatic carbocycles. The van der Waals surface area contributed by atoms with E-state index in [1.165, 1.54) is 6.92 Å². The van der Waals surface area contributed by atoms with Crippen molar-refractivity contribution in [2.75, 3.05) is 13.6 Å². The Morgan fingerprint density at radius 1 is 1.44 bits per heavy atom. The fourth-order valence-electron chi connectivity index (χ4n) is 2.40. The highest BCUT2D eigenvalue weighted by molar-refractivity contribution is 6.19. The fraction of sp³-hybridized carbons (Fsp3) is 0.818. The van der Waals surface area contributed by atoms with Crippen LogP contribution in [0.2, 0.25) is 6.32 Å². The van der Waals surface area contributed by atoms with Gasteiger partial charge < -0.3 is 10.2 Å². The van der Waals surface area contributed by atoms with Crippen molar-refractivity contribution in [3.8, 4) is 0 Å². The third kappa shape index (κ3) is 3.08. The molecule has 0 heterocycles. The summed E-state index contributed by atoms with van der Waals surface area (Å²) in [6.45, 7) is 1.68. The molecule has 1 amide bonds. The minimum atomic E-state index is -0.137. The van der Waals surface area contributed by atoms with Gasteiger partial charge in [0, 0.05) is 12.1 Å². The fourth-order valence-corrected chi connectivity index (χ4v) is 2.40. The highest BCUT2D eigenvalue weighted by Gasteiger charge is 2.33. The van der Waals surface area contributed by atoms with E-state index in [0.717, 1.165) is 19.3 Å². The van der Waals surface area contributed by atoms with Gasteiger partial charge in [-0.1, -0.05) is 0 Å². The maximum absolute atomic E-state index is 11.7. The normalized spacial score (nSPS) is 24.4. The smallest absolute Gasteiger partial charge is 0.214 e. The SMILES string of the molecule is [B]CC(=O)N(CC(C)=O)C1CCCC1NC. The third-order valence-corrected chi connectivity index (χ3v) is 3.14. The number of hydrogen-bond acceptors (Lipinski definition) is 3. The van der Waals surface area contributed by atoms with Crippen LogP contribution in [0.4, 0.5) is 0 Å². The second kappa shape index (κ2) is 6.04. The molecule has 0 spiro atoms. The van der Waals surface area contributed by atoms with Gasteiger partial charge in [-0.3, -0.25) is 9.59 Å². The van der Waals surface area contributed by atoms with E-state index in [1.807, 2.05) is 7.05 Å². The molecule has 1 saturated carbocycles. The van der Waals surface area contributed by atoms with Crippen LogP contribution in [0.3, 0.4) is 0 Å². The van der Waals surface area contributed by atoms with Crippen molar-refractivity contribution in [2.45, 2.75) is 44.6 Å². The highest BCUT2D eigenvalue weighted by atomic mass is 16.2. The molecule has 0 aromatic heterocycles. The van der Waals surface area contributed by atoms with Gasteiger partial charge in [0.2, 0.25) is 5.91 Å². The zero-order chi connectivity index (χ0) is 12.1. The summed E-state index contributed by atoms with van der Waals surface area (Å²) >= 11 is 0. The minimum Gasteiger partial charge on any atom is -0.331 e. The molecule has 4 nitrogen and oxygen atoms in total. The number of rotatable bonds is 5. The van der Waals surface area contributed by atoms with E-state index in [4.69, 9.17) is 7.85 Å². The summed E-state index contributed by atoms with van der Waals surface area (Å²) in [6, 6.07) is 0.403. The Labute approximate surface area is 98.2 Å². The Hall–Kier alpha value is -0.835. The number of nitrogens with zero attached hydrogens (tertiary/aromatic N) is 1. The Balaban J connectivity index is 2.74. The lowest BCUT2D eigenvalue weighted by molar-refractivity contribution is -0.135. The molecule has 2 atom stereocenters. The number of amides is 1. The van der Waals surface area contributed by atoms with Crippen molar-refractivity contribution < 1.29 is 9.59 Å². The van der Waals surface area contributed by atoms with Crippen LogP contribution in [0.25, 0.3) is 0 Å². The van der Waals surface area contributed by atoms with E-state index in [2.05, 4.69) is 5.32 Å². The van der Waals surface area contributed by atoms with Crippen molar-refractivity contribution in [3.05, 3.63) is 0 Å². The molecular formula is C11H19BN2O2. The minimum absolute atomic E-state index is 0.00329. The first-order valence-electron chi connectivity index (χ1n) is 5.76. The van der Waals surface area contributed by atoms with E-state index >= 15 is 0 Å². The molecule has 1 rings (SSSR count). The molecule has 0 aliphatic heterocycles. The first-order valence-corrected chi connectivity index (χ1v) is 5.76. The number of likely N-dealkylation sites (N-methyl/N-ethyl adjacent to an activating group) is 1. The molecule has 1 fully saturated rings. The van der Waals surface area contributed by atoms with Crippen LogP contribution >= 0.6 is 0 Å². The van der Waals surface area contributed by atoms with Gasteiger partial charge >= 0.3 is 0 Å². The van der Waals surface area contributed by atoms with E-state index in [1.54, 1.807) is 4.90 Å². The van der Waals surface area contributed by atoms with Gasteiger partial charge in [0.15, 0.2) is 0 Å². The number of carbonyl (C=O) groups is 2. The van der Waals surface area contributed by atoms with Crippen LogP contribution in [0.1, 0.15) is 26.2 Å². The number of nitrogens with one attached hydrogen (secondary N) is 1. The summed E-state index contributed by atoms with van der Waals surface area (Å²) in [6.07, 6.45) is 3.06. The van der Waals surface area contributed by atoms with Gasteiger partial charge in [-0.15, -0.1) is 0 Å². The van der Waals surface area contributed by atoms with Crippen molar-refractivity contribution in [1.29, 1.82) is 0 Å². The zero-order valence-electron chi connectivity index (χ0n) is 10.0. The topological polar surface area (TPSA) is 49.4 Å². The van der Waals surface area contributed by atoms with Gasteiger partial charge in [-0.2, -0.15) is 0 Å². The lowest BCUT2D eigenvalue weighted by atomic mass is 10.0. The summed E-state index contributed by atoms with van der Waals surface area (Å²) in [5.74, 6) is -0.133. The molecule has 0 bridgehead atoms. The summed E-state index contributed by atoms with van der Waals surface area (Å²) < 4.78 is 0. The maximum atomic E-state index is 11.7. The summed E-state index contributed by atoms with van der Waals surface area (Å²) in [5.41, 5.74) is 0. The van der Waals surface area contributed by atoms with E-state index < -0.39 is 0 Å². The molecule has 1 aliphatic carbocycles. The molecule has 2 radical (unpaired) electrons. The molecule has 1 aliphatic rings. The molecule has 0 aromatic rings. The molecule has 1 N–H and O–H groups in total. The van der Waals surface area contributed by atoms with Crippen molar-refractivity contribution in [2.24, 2.45) is 0 Å². The van der Waals surface area contributed by atoms with Crippen LogP contribution in [0.15, 0.2) is 0 Å². The van der Waals surface area contributed by atoms with Crippen LogP contribution in [-0.2, 0) is 9.59 Å².